The van der Waals surface area contributed by atoms with Crippen molar-refractivity contribution < 1.29 is 17.4 Å². The molecule has 12 aromatic rings. The highest BCUT2D eigenvalue weighted by atomic mass is 31.1. The molecule has 0 saturated heterocycles. The molecule has 8 heteroatoms. The van der Waals surface area contributed by atoms with E-state index in [0.29, 0.717) is 12.8 Å². The quantitative estimate of drug-likeness (QED) is 0.0855. The molecule has 1 aliphatic carbocycles. The molecule has 0 amide bonds. The molecular weight excluding hydrogens is 1120 g/mol. The van der Waals surface area contributed by atoms with Crippen LogP contribution in [-0.4, -0.2) is 40.2 Å². The predicted molar refractivity (Wildman–Crippen MR) is 371 cm³/mol. The maximum absolute atomic E-state index is 2.78. The average molecular weight is 1180 g/mol. The predicted octanol–water partition coefficient (Wildman–Crippen LogP) is 16.1. The van der Waals surface area contributed by atoms with E-state index in [4.69, 9.17) is 0 Å². The number of rotatable bonds is 16. The van der Waals surface area contributed by atoms with E-state index in [2.05, 4.69) is 381 Å². The van der Waals surface area contributed by atoms with Crippen molar-refractivity contribution in [2.24, 2.45) is 0 Å². The first-order valence-corrected chi connectivity index (χ1v) is 34.4. The highest BCUT2D eigenvalue weighted by molar-refractivity contribution is 7.69. The zero-order valence-corrected chi connectivity index (χ0v) is 51.2. The first kappa shape index (κ1) is 56.2. The molecule has 0 aromatic heterocycles. The summed E-state index contributed by atoms with van der Waals surface area (Å²) in [5.74, 6) is 0. The van der Waals surface area contributed by atoms with Gasteiger partial charge >= 0.3 is 0 Å². The molecular formula is C78H64N4P4+4. The molecule has 4 nitrogen and oxygen atoms in total. The molecule has 12 aromatic carbocycles. The summed E-state index contributed by atoms with van der Waals surface area (Å²) in [5.41, 5.74) is 9.50. The third kappa shape index (κ3) is 12.3. The minimum atomic E-state index is -1.30. The van der Waals surface area contributed by atoms with E-state index in [9.17, 15) is 0 Å². The Balaban J connectivity index is 1.31. The second kappa shape index (κ2) is 27.4. The van der Waals surface area contributed by atoms with Crippen molar-refractivity contribution in [3.05, 3.63) is 364 Å². The lowest BCUT2D eigenvalue weighted by Crippen LogP contribution is -2.47. The summed E-state index contributed by atoms with van der Waals surface area (Å²) < 4.78 is 11.1. The Morgan fingerprint density at radius 3 is 0.395 bits per heavy atom. The number of hydrogen-bond acceptors (Lipinski definition) is 0. The van der Waals surface area contributed by atoms with E-state index in [1.54, 1.807) is 0 Å². The first-order chi connectivity index (χ1) is 42.8. The van der Waals surface area contributed by atoms with Crippen LogP contribution in [0, 0.1) is 0 Å². The monoisotopic (exact) mass is 1180 g/mol. The van der Waals surface area contributed by atoms with Gasteiger partial charge in [-0.3, -0.25) is 0 Å². The Bertz CT molecular complexity index is 3560. The van der Waals surface area contributed by atoms with E-state index in [0.717, 1.165) is 22.7 Å². The van der Waals surface area contributed by atoms with Gasteiger partial charge in [0.1, 0.15) is 12.8 Å². The van der Waals surface area contributed by atoms with E-state index in [-0.39, 0.29) is 0 Å². The Labute approximate surface area is 511 Å². The van der Waals surface area contributed by atoms with E-state index in [1.807, 2.05) is 0 Å². The maximum Gasteiger partial charge on any atom is 0.262 e. The fraction of sp³-hybridized carbons (Fsp3) is 0.0256. The van der Waals surface area contributed by atoms with Crippen molar-refractivity contribution in [3.63, 3.8) is 0 Å². The summed E-state index contributed by atoms with van der Waals surface area (Å²) in [6, 6.07) is 135. The Morgan fingerprint density at radius 1 is 0.151 bits per heavy atom. The van der Waals surface area contributed by atoms with Gasteiger partial charge in [-0.1, -0.05) is 218 Å². The third-order valence-corrected chi connectivity index (χ3v) is 25.0. The summed E-state index contributed by atoms with van der Waals surface area (Å²) in [6.07, 6.45) is 1.11. The van der Waals surface area contributed by atoms with Gasteiger partial charge in [0.05, 0.1) is 0 Å². The van der Waals surface area contributed by atoms with Gasteiger partial charge in [0.15, 0.2) is 0 Å². The van der Waals surface area contributed by atoms with Gasteiger partial charge in [-0.25, -0.2) is 0 Å². The standard InChI is InChI=1S/C78H64N4P4/c1-13-37-63(38-14-1)79(83(67-45-21-5-22-46-67)68-47-23-6-24-48-68)75-61-77(81(65-41-17-3-18-42-65)85(71-53-29-9-30-54-71)72-55-31-10-32-56-72)78(82(66-43-19-4-20-44-66)86(73-57-33-11-34-58-73)74-59-35-12-36-60-74)62-76(75)80(64-39-15-2-16-40-64)84(69-49-25-7-26-50-69)70-51-27-8-28-52-70/h1-60H,61-62H2/q+4. The molecule has 0 aliphatic heterocycles. The summed E-state index contributed by atoms with van der Waals surface area (Å²) >= 11 is 0. The summed E-state index contributed by atoms with van der Waals surface area (Å²) in [5, 5.41) is 10.1. The molecule has 412 valence electrons. The van der Waals surface area contributed by atoms with Crippen LogP contribution in [0.3, 0.4) is 0 Å². The summed E-state index contributed by atoms with van der Waals surface area (Å²) in [7, 11) is -5.22. The van der Waals surface area contributed by atoms with Crippen molar-refractivity contribution in [2.75, 3.05) is 0 Å². The van der Waals surface area contributed by atoms with Gasteiger partial charge in [0.25, 0.3) is 55.1 Å². The van der Waals surface area contributed by atoms with Crippen molar-refractivity contribution >= 4 is 120 Å². The summed E-state index contributed by atoms with van der Waals surface area (Å²) in [4.78, 5) is 0. The van der Waals surface area contributed by atoms with Gasteiger partial charge in [0, 0.05) is 91.0 Å². The van der Waals surface area contributed by atoms with Gasteiger partial charge in [-0.2, -0.15) is 17.4 Å². The molecule has 0 N–H and O–H groups in total. The van der Waals surface area contributed by atoms with Crippen LogP contribution in [0.15, 0.2) is 364 Å². The van der Waals surface area contributed by atoms with E-state index < -0.39 is 32.3 Å². The van der Waals surface area contributed by atoms with Crippen LogP contribution >= 0.6 is 32.3 Å². The molecule has 1 saturated carbocycles. The largest absolute Gasteiger partial charge is 0.262 e. The minimum Gasteiger partial charge on any atom is -0.167 e. The molecule has 0 spiro atoms. The van der Waals surface area contributed by atoms with Crippen molar-refractivity contribution in [2.45, 2.75) is 12.8 Å². The number of para-hydroxylation sites is 4. The second-order valence-electron chi connectivity index (χ2n) is 20.7. The van der Waals surface area contributed by atoms with Gasteiger partial charge < -0.3 is 0 Å². The first-order valence-electron chi connectivity index (χ1n) is 29.2. The van der Waals surface area contributed by atoms with Crippen molar-refractivity contribution in [1.82, 2.24) is 0 Å². The molecule has 0 atom stereocenters. The van der Waals surface area contributed by atoms with Crippen LogP contribution < -0.4 is 42.4 Å². The third-order valence-electron chi connectivity index (χ3n) is 15.2. The van der Waals surface area contributed by atoms with Crippen LogP contribution in [0.25, 0.3) is 0 Å². The van der Waals surface area contributed by atoms with Crippen LogP contribution in [0.4, 0.5) is 22.7 Å². The molecule has 1 fully saturated rings. The van der Waals surface area contributed by atoms with Gasteiger partial charge in [0.2, 0.25) is 22.7 Å². The lowest BCUT2D eigenvalue weighted by atomic mass is 9.91. The average Bonchev–Trinajstić information content (AvgIpc) is 1.18. The Hall–Kier alpha value is -8.96. The molecule has 86 heavy (non-hydrogen) atoms. The van der Waals surface area contributed by atoms with Crippen LogP contribution in [0.5, 0.6) is 0 Å². The van der Waals surface area contributed by atoms with Gasteiger partial charge in [-0.15, -0.1) is 0 Å². The van der Waals surface area contributed by atoms with E-state index >= 15 is 0 Å². The number of benzene rings is 12. The van der Waals surface area contributed by atoms with Crippen molar-refractivity contribution in [3.8, 4) is 0 Å². The smallest absolute Gasteiger partial charge is 0.167 e. The zero-order chi connectivity index (χ0) is 57.7. The molecule has 0 unspecified atom stereocenters. The summed E-state index contributed by atoms with van der Waals surface area (Å²) in [6.45, 7) is 0. The number of nitrogens with zero attached hydrogens (tertiary/aromatic N) is 4. The minimum absolute atomic E-state index is 0.553. The Kier molecular flexibility index (Phi) is 17.9. The molecule has 0 radical (unpaired) electrons. The number of hydrogen-bond donors (Lipinski definition) is 0. The maximum atomic E-state index is 2.78. The molecule has 0 bridgehead atoms. The molecule has 13 rings (SSSR count). The lowest BCUT2D eigenvalue weighted by Gasteiger charge is -2.26. The highest BCUT2D eigenvalue weighted by Crippen LogP contribution is 2.49. The van der Waals surface area contributed by atoms with Gasteiger partial charge in [-0.05, 0) is 97.1 Å². The van der Waals surface area contributed by atoms with E-state index in [1.165, 1.54) is 65.3 Å². The fourth-order valence-corrected chi connectivity index (χ4v) is 21.3. The lowest BCUT2D eigenvalue weighted by molar-refractivity contribution is -0.281. The topological polar surface area (TPSA) is 12.0 Å². The van der Waals surface area contributed by atoms with Crippen LogP contribution in [-0.2, 0) is 0 Å². The zero-order valence-electron chi connectivity index (χ0n) is 47.6. The van der Waals surface area contributed by atoms with Crippen LogP contribution in [0.2, 0.25) is 0 Å². The second-order valence-corrected chi connectivity index (χ2v) is 28.9. The normalized spacial score (nSPS) is 14.9. The van der Waals surface area contributed by atoms with Crippen LogP contribution in [0.1, 0.15) is 12.8 Å². The molecule has 0 heterocycles. The highest BCUT2D eigenvalue weighted by Gasteiger charge is 2.54. The Morgan fingerprint density at radius 2 is 0.267 bits per heavy atom. The molecule has 1 aliphatic rings. The fourth-order valence-electron chi connectivity index (χ4n) is 11.4. The SMILES string of the molecule is c1ccc([N+](=C2CC(=[N+](c3ccccc3)P(c3ccccc3)c3ccccc3)C(=[N+](c3ccccc3)P(c3ccccc3)c3ccccc3)CC2=[N+](c2ccccc2)P(c2ccccc2)c2ccccc2)P(c2ccccc2)c2ccccc2)cc1. The van der Waals surface area contributed by atoms with Crippen molar-refractivity contribution in [1.29, 1.82) is 0 Å².